The molecule has 2 aromatic rings. The molecule has 0 bridgehead atoms. The monoisotopic (exact) mass is 352 g/mol. The molecule has 2 aromatic carbocycles. The van der Waals surface area contributed by atoms with Gasteiger partial charge in [0, 0.05) is 6.04 Å². The van der Waals surface area contributed by atoms with Crippen molar-refractivity contribution in [3.8, 4) is 11.5 Å². The average molecular weight is 352 g/mol. The predicted octanol–water partition coefficient (Wildman–Crippen LogP) is 4.26. The summed E-state index contributed by atoms with van der Waals surface area (Å²) in [5.74, 6) is -0.101. The molecule has 0 spiro atoms. The minimum Gasteiger partial charge on any atom is -0.455 e. The van der Waals surface area contributed by atoms with Crippen molar-refractivity contribution in [1.82, 2.24) is 5.32 Å². The van der Waals surface area contributed by atoms with Crippen molar-refractivity contribution in [1.29, 1.82) is 0 Å². The fraction of sp³-hybridized carbons (Fsp3) is 0.333. The maximum atomic E-state index is 12.3. The van der Waals surface area contributed by atoms with Crippen LogP contribution in [0.25, 0.3) is 0 Å². The smallest absolute Gasteiger partial charge is 0.313 e. The first-order valence-corrected chi connectivity index (χ1v) is 9.16. The van der Waals surface area contributed by atoms with Gasteiger partial charge in [-0.3, -0.25) is 9.59 Å². The third kappa shape index (κ3) is 5.09. The summed E-state index contributed by atoms with van der Waals surface area (Å²) in [6.45, 7) is 0. The Morgan fingerprint density at radius 1 is 0.808 bits per heavy atom. The Kier molecular flexibility index (Phi) is 6.25. The molecule has 3 rings (SSSR count). The van der Waals surface area contributed by atoms with E-state index in [1.807, 2.05) is 36.4 Å². The first-order chi connectivity index (χ1) is 12.7. The van der Waals surface area contributed by atoms with Crippen LogP contribution in [-0.2, 0) is 9.59 Å². The van der Waals surface area contributed by atoms with E-state index in [2.05, 4.69) is 10.6 Å². The number of benzene rings is 2. The largest absolute Gasteiger partial charge is 0.455 e. The second kappa shape index (κ2) is 9.04. The number of para-hydroxylation sites is 3. The highest BCUT2D eigenvalue weighted by atomic mass is 16.5. The lowest BCUT2D eigenvalue weighted by molar-refractivity contribution is -0.136. The summed E-state index contributed by atoms with van der Waals surface area (Å²) in [6, 6.07) is 16.5. The molecule has 0 aromatic heterocycles. The highest BCUT2D eigenvalue weighted by molar-refractivity contribution is 6.39. The molecule has 26 heavy (non-hydrogen) atoms. The van der Waals surface area contributed by atoms with Gasteiger partial charge in [0.15, 0.2) is 5.75 Å². The normalized spacial score (nSPS) is 14.9. The second-order valence-corrected chi connectivity index (χ2v) is 6.53. The van der Waals surface area contributed by atoms with Crippen LogP contribution in [0.4, 0.5) is 5.69 Å². The molecule has 0 atom stereocenters. The summed E-state index contributed by atoms with van der Waals surface area (Å²) >= 11 is 0. The topological polar surface area (TPSA) is 67.4 Å². The molecule has 1 fully saturated rings. The van der Waals surface area contributed by atoms with Crippen LogP contribution in [0.3, 0.4) is 0 Å². The van der Waals surface area contributed by atoms with Gasteiger partial charge in [-0.1, -0.05) is 56.0 Å². The third-order valence-electron chi connectivity index (χ3n) is 4.50. The minimum absolute atomic E-state index is 0.0894. The molecule has 0 aliphatic heterocycles. The zero-order valence-corrected chi connectivity index (χ0v) is 14.7. The fourth-order valence-corrected chi connectivity index (χ4v) is 3.13. The number of rotatable bonds is 4. The maximum absolute atomic E-state index is 12.3. The highest BCUT2D eigenvalue weighted by Crippen LogP contribution is 2.29. The number of ether oxygens (including phenoxy) is 1. The van der Waals surface area contributed by atoms with E-state index >= 15 is 0 Å². The van der Waals surface area contributed by atoms with Crippen LogP contribution >= 0.6 is 0 Å². The van der Waals surface area contributed by atoms with E-state index in [9.17, 15) is 9.59 Å². The maximum Gasteiger partial charge on any atom is 0.313 e. The van der Waals surface area contributed by atoms with Crippen LogP contribution in [0, 0.1) is 0 Å². The number of anilines is 1. The van der Waals surface area contributed by atoms with E-state index in [0.717, 1.165) is 25.7 Å². The third-order valence-corrected chi connectivity index (χ3v) is 4.50. The lowest BCUT2D eigenvalue weighted by Crippen LogP contribution is -2.41. The van der Waals surface area contributed by atoms with Crippen LogP contribution in [0.1, 0.15) is 38.5 Å². The Morgan fingerprint density at radius 2 is 1.46 bits per heavy atom. The molecule has 2 amide bonds. The lowest BCUT2D eigenvalue weighted by Gasteiger charge is -2.16. The number of carbonyl (C=O) groups is 2. The van der Waals surface area contributed by atoms with Crippen LogP contribution in [0.2, 0.25) is 0 Å². The van der Waals surface area contributed by atoms with Gasteiger partial charge in [0.2, 0.25) is 0 Å². The predicted molar refractivity (Wildman–Crippen MR) is 101 cm³/mol. The summed E-state index contributed by atoms with van der Waals surface area (Å²) in [7, 11) is 0. The van der Waals surface area contributed by atoms with Crippen molar-refractivity contribution in [2.24, 2.45) is 0 Å². The Hall–Kier alpha value is -2.82. The molecule has 0 radical (unpaired) electrons. The molecule has 1 aliphatic rings. The Bertz CT molecular complexity index is 738. The molecule has 1 aliphatic carbocycles. The molecule has 5 nitrogen and oxygen atoms in total. The summed E-state index contributed by atoms with van der Waals surface area (Å²) in [4.78, 5) is 24.5. The van der Waals surface area contributed by atoms with Gasteiger partial charge >= 0.3 is 11.8 Å². The van der Waals surface area contributed by atoms with E-state index in [1.165, 1.54) is 12.8 Å². The number of carbonyl (C=O) groups excluding carboxylic acids is 2. The van der Waals surface area contributed by atoms with E-state index in [0.29, 0.717) is 17.2 Å². The molecule has 1 saturated carbocycles. The van der Waals surface area contributed by atoms with Gasteiger partial charge in [-0.25, -0.2) is 0 Å². The van der Waals surface area contributed by atoms with E-state index in [-0.39, 0.29) is 6.04 Å². The van der Waals surface area contributed by atoms with Crippen LogP contribution in [0.15, 0.2) is 54.6 Å². The zero-order chi connectivity index (χ0) is 18.2. The fourth-order valence-electron chi connectivity index (χ4n) is 3.13. The number of hydrogen-bond donors (Lipinski definition) is 2. The quantitative estimate of drug-likeness (QED) is 0.638. The van der Waals surface area contributed by atoms with Crippen molar-refractivity contribution >= 4 is 17.5 Å². The first-order valence-electron chi connectivity index (χ1n) is 9.16. The highest BCUT2D eigenvalue weighted by Gasteiger charge is 2.20. The Balaban J connectivity index is 1.62. The van der Waals surface area contributed by atoms with Gasteiger partial charge in [0.1, 0.15) is 5.75 Å². The van der Waals surface area contributed by atoms with Gasteiger partial charge < -0.3 is 15.4 Å². The molecule has 136 valence electrons. The summed E-state index contributed by atoms with van der Waals surface area (Å²) in [5.41, 5.74) is 0.470. The number of nitrogens with one attached hydrogen (secondary N) is 2. The molecular formula is C21H24N2O3. The van der Waals surface area contributed by atoms with Crippen molar-refractivity contribution in [3.05, 3.63) is 54.6 Å². The van der Waals surface area contributed by atoms with E-state index < -0.39 is 11.8 Å². The molecule has 5 heteroatoms. The van der Waals surface area contributed by atoms with Crippen LogP contribution in [-0.4, -0.2) is 17.9 Å². The molecule has 0 heterocycles. The van der Waals surface area contributed by atoms with E-state index in [1.54, 1.807) is 18.2 Å². The van der Waals surface area contributed by atoms with Gasteiger partial charge in [-0.2, -0.15) is 0 Å². The summed E-state index contributed by atoms with van der Waals surface area (Å²) in [5, 5.41) is 5.52. The number of hydrogen-bond acceptors (Lipinski definition) is 3. The van der Waals surface area contributed by atoms with Crippen LogP contribution in [0.5, 0.6) is 11.5 Å². The van der Waals surface area contributed by atoms with Crippen molar-refractivity contribution in [2.75, 3.05) is 5.32 Å². The summed E-state index contributed by atoms with van der Waals surface area (Å²) in [6.07, 6.45) is 6.46. The Labute approximate surface area is 153 Å². The van der Waals surface area contributed by atoms with Crippen molar-refractivity contribution in [3.63, 3.8) is 0 Å². The van der Waals surface area contributed by atoms with Gasteiger partial charge in [-0.15, -0.1) is 0 Å². The van der Waals surface area contributed by atoms with E-state index in [4.69, 9.17) is 4.74 Å². The van der Waals surface area contributed by atoms with Gasteiger partial charge in [0.25, 0.3) is 0 Å². The standard InChI is InChI=1S/C21H24N2O3/c24-20(22-16-10-4-1-2-5-11-16)21(25)23-18-14-8-9-15-19(18)26-17-12-6-3-7-13-17/h3,6-9,12-16H,1-2,4-5,10-11H2,(H,22,24)(H,23,25). The average Bonchev–Trinajstić information content (AvgIpc) is 2.93. The summed E-state index contributed by atoms with van der Waals surface area (Å²) < 4.78 is 5.81. The van der Waals surface area contributed by atoms with Gasteiger partial charge in [0.05, 0.1) is 5.69 Å². The molecular weight excluding hydrogens is 328 g/mol. The molecule has 0 saturated heterocycles. The minimum atomic E-state index is -0.668. The SMILES string of the molecule is O=C(Nc1ccccc1Oc1ccccc1)C(=O)NC1CCCCCC1. The zero-order valence-electron chi connectivity index (χ0n) is 14.7. The first kappa shape index (κ1) is 18.0. The molecule has 0 unspecified atom stereocenters. The van der Waals surface area contributed by atoms with Crippen LogP contribution < -0.4 is 15.4 Å². The number of amides is 2. The molecule has 2 N–H and O–H groups in total. The van der Waals surface area contributed by atoms with Gasteiger partial charge in [-0.05, 0) is 37.1 Å². The van der Waals surface area contributed by atoms with Crippen molar-refractivity contribution < 1.29 is 14.3 Å². The van der Waals surface area contributed by atoms with Crippen molar-refractivity contribution in [2.45, 2.75) is 44.6 Å². The Morgan fingerprint density at radius 3 is 2.19 bits per heavy atom. The lowest BCUT2D eigenvalue weighted by atomic mass is 10.1. The second-order valence-electron chi connectivity index (χ2n) is 6.53.